The van der Waals surface area contributed by atoms with E-state index in [4.69, 9.17) is 9.16 Å². The van der Waals surface area contributed by atoms with E-state index in [2.05, 4.69) is 44.1 Å². The van der Waals surface area contributed by atoms with E-state index in [9.17, 15) is 28.0 Å². The predicted octanol–water partition coefficient (Wildman–Crippen LogP) is 5.77. The number of aromatic nitrogens is 3. The van der Waals surface area contributed by atoms with Gasteiger partial charge in [-0.3, -0.25) is 0 Å². The number of benzene rings is 2. The normalized spacial score (nSPS) is 16.2. The molecule has 0 radical (unpaired) electrons. The van der Waals surface area contributed by atoms with Gasteiger partial charge in [0.15, 0.2) is 0 Å². The van der Waals surface area contributed by atoms with Crippen molar-refractivity contribution in [3.8, 4) is 6.07 Å². The van der Waals surface area contributed by atoms with Crippen LogP contribution in [-0.4, -0.2) is 42.3 Å². The van der Waals surface area contributed by atoms with E-state index in [1.165, 1.54) is 21.6 Å². The Hall–Kier alpha value is -4.15. The van der Waals surface area contributed by atoms with Crippen molar-refractivity contribution >= 4 is 25.9 Å². The number of carbonyl (C=O) groups excluding carboxylic acids is 1. The summed E-state index contributed by atoms with van der Waals surface area (Å²) in [6.07, 6.45) is -4.62. The summed E-state index contributed by atoms with van der Waals surface area (Å²) < 4.78 is 53.8. The van der Waals surface area contributed by atoms with Crippen molar-refractivity contribution in [2.45, 2.75) is 58.0 Å². The van der Waals surface area contributed by atoms with Crippen molar-refractivity contribution in [1.82, 2.24) is 14.8 Å². The Labute approximate surface area is 242 Å². The van der Waals surface area contributed by atoms with Gasteiger partial charge in [0.1, 0.15) is 0 Å². The van der Waals surface area contributed by atoms with E-state index in [0.29, 0.717) is 11.1 Å². The van der Waals surface area contributed by atoms with Crippen LogP contribution in [0.15, 0.2) is 64.6 Å². The average molecular weight is 601 g/mol. The van der Waals surface area contributed by atoms with Crippen LogP contribution in [0.4, 0.5) is 24.8 Å². The zero-order valence-electron chi connectivity index (χ0n) is 24.2. The molecule has 224 valence electrons. The molecular formula is C29H33F3N5O4Si-. The van der Waals surface area contributed by atoms with E-state index < -0.39 is 37.8 Å². The van der Waals surface area contributed by atoms with Crippen molar-refractivity contribution in [2.24, 2.45) is 0 Å². The molecule has 0 bridgehead atoms. The SMILES string of the molecule is CC1=C(C(=O)OCCO[SiH-](C)(C)C(C)(C)C)[C@@H](c2ccc(C#N)cc2)n2c(n[nH]c2=O)N1c1cccc(C(F)(F)F)c1. The summed E-state index contributed by atoms with van der Waals surface area (Å²) in [7, 11) is -2.43. The van der Waals surface area contributed by atoms with E-state index >= 15 is 0 Å². The molecule has 9 nitrogen and oxygen atoms in total. The third kappa shape index (κ3) is 5.91. The van der Waals surface area contributed by atoms with Crippen molar-refractivity contribution < 1.29 is 27.1 Å². The van der Waals surface area contributed by atoms with Gasteiger partial charge in [0.25, 0.3) is 0 Å². The summed E-state index contributed by atoms with van der Waals surface area (Å²) in [5.74, 6) is -0.773. The van der Waals surface area contributed by atoms with Crippen molar-refractivity contribution in [3.05, 3.63) is 87.0 Å². The second-order valence-corrected chi connectivity index (χ2v) is 17.4. The van der Waals surface area contributed by atoms with Crippen LogP contribution in [0, 0.1) is 11.3 Å². The molecule has 0 spiro atoms. The molecule has 1 aromatic heterocycles. The van der Waals surface area contributed by atoms with Crippen LogP contribution >= 0.6 is 0 Å². The second-order valence-electron chi connectivity index (χ2n) is 11.8. The first-order valence-corrected chi connectivity index (χ1v) is 16.8. The molecular weight excluding hydrogens is 567 g/mol. The van der Waals surface area contributed by atoms with Crippen molar-refractivity contribution in [2.75, 3.05) is 18.1 Å². The second kappa shape index (κ2) is 11.3. The van der Waals surface area contributed by atoms with Crippen LogP contribution < -0.4 is 10.6 Å². The van der Waals surface area contributed by atoms with Crippen LogP contribution in [0.5, 0.6) is 0 Å². The van der Waals surface area contributed by atoms with Crippen LogP contribution in [-0.2, 0) is 20.1 Å². The zero-order chi connectivity index (χ0) is 31.0. The molecule has 1 atom stereocenters. The number of carbonyl (C=O) groups is 1. The first kappa shape index (κ1) is 30.8. The molecule has 0 amide bonds. The number of esters is 1. The molecule has 13 heteroatoms. The molecule has 3 aromatic rings. The van der Waals surface area contributed by atoms with E-state index in [-0.39, 0.29) is 41.2 Å². The van der Waals surface area contributed by atoms with Crippen molar-refractivity contribution in [3.63, 3.8) is 0 Å². The van der Waals surface area contributed by atoms with Gasteiger partial charge in [0.05, 0.1) is 0 Å². The summed E-state index contributed by atoms with van der Waals surface area (Å²) in [5.41, 5.74) is -0.430. The maximum absolute atomic E-state index is 13.8. The Kier molecular flexibility index (Phi) is 8.26. The Morgan fingerprint density at radius 2 is 1.79 bits per heavy atom. The number of allylic oxidation sites excluding steroid dienone is 1. The molecule has 4 rings (SSSR count). The molecule has 0 aliphatic carbocycles. The molecule has 0 fully saturated rings. The summed E-state index contributed by atoms with van der Waals surface area (Å²) >= 11 is 0. The monoisotopic (exact) mass is 600 g/mol. The fourth-order valence-corrected chi connectivity index (χ4v) is 5.72. The molecule has 2 heterocycles. The molecule has 1 aliphatic rings. The topological polar surface area (TPSA) is 113 Å². The number of ether oxygens (including phenoxy) is 1. The number of hydrogen-bond donors (Lipinski definition) is 1. The van der Waals surface area contributed by atoms with Gasteiger partial charge in [0.2, 0.25) is 0 Å². The Morgan fingerprint density at radius 1 is 1.12 bits per heavy atom. The van der Waals surface area contributed by atoms with Gasteiger partial charge in [-0.05, 0) is 0 Å². The number of anilines is 2. The van der Waals surface area contributed by atoms with Crippen LogP contribution in [0.3, 0.4) is 0 Å². The fourth-order valence-electron chi connectivity index (χ4n) is 4.53. The van der Waals surface area contributed by atoms with E-state index in [1.807, 2.05) is 6.07 Å². The number of nitrogens with zero attached hydrogens (tertiary/aromatic N) is 4. The van der Waals surface area contributed by atoms with Crippen LogP contribution in [0.2, 0.25) is 18.1 Å². The van der Waals surface area contributed by atoms with Gasteiger partial charge in [-0.25, -0.2) is 0 Å². The molecule has 0 unspecified atom stereocenters. The Balaban J connectivity index is 1.80. The standard InChI is InChI=1S/C29H33F3N5O4Si/c1-18-23(25(38)40-14-15-41-42(5,6)28(2,3)4)24(20-12-10-19(17-33)11-13-20)37-26(34-35-27(37)39)36(18)22-9-7-8-21(16-22)29(30,31)32/h7-13,16,24,42H,14-15H2,1-6H3,(H,35,39)/q-1/t24-/m1/s1. The Morgan fingerprint density at radius 3 is 2.38 bits per heavy atom. The van der Waals surface area contributed by atoms with E-state index in [0.717, 1.165) is 12.1 Å². The molecule has 1 aliphatic heterocycles. The number of rotatable bonds is 7. The van der Waals surface area contributed by atoms with Gasteiger partial charge in [0, 0.05) is 0 Å². The summed E-state index contributed by atoms with van der Waals surface area (Å²) in [4.78, 5) is 28.2. The quantitative estimate of drug-likeness (QED) is 0.208. The first-order chi connectivity index (χ1) is 19.6. The number of hydrogen-bond acceptors (Lipinski definition) is 7. The van der Waals surface area contributed by atoms with Crippen LogP contribution in [0.25, 0.3) is 0 Å². The number of H-pyrrole nitrogens is 1. The van der Waals surface area contributed by atoms with Crippen LogP contribution in [0.1, 0.15) is 50.4 Å². The molecule has 0 saturated carbocycles. The van der Waals surface area contributed by atoms with Gasteiger partial charge < -0.3 is 0 Å². The van der Waals surface area contributed by atoms with Gasteiger partial charge in [-0.2, -0.15) is 18.4 Å². The fraction of sp³-hybridized carbons (Fsp3) is 0.379. The number of fused-ring (bicyclic) bond motifs is 1. The minimum atomic E-state index is -4.62. The van der Waals surface area contributed by atoms with Gasteiger partial charge in [-0.15, -0.1) is 0 Å². The predicted molar refractivity (Wildman–Crippen MR) is 154 cm³/mol. The third-order valence-corrected chi connectivity index (χ3v) is 13.3. The molecule has 1 N–H and O–H groups in total. The molecule has 42 heavy (non-hydrogen) atoms. The van der Waals surface area contributed by atoms with Gasteiger partial charge in [-0.1, -0.05) is 0 Å². The van der Waals surface area contributed by atoms with E-state index in [1.54, 1.807) is 31.2 Å². The summed E-state index contributed by atoms with van der Waals surface area (Å²) in [5, 5.41) is 15.7. The minimum absolute atomic E-state index is 0.00908. The van der Waals surface area contributed by atoms with Crippen molar-refractivity contribution in [1.29, 1.82) is 5.26 Å². The number of halogens is 3. The molecule has 0 saturated heterocycles. The number of nitrogens with one attached hydrogen (secondary N) is 1. The summed E-state index contributed by atoms with van der Waals surface area (Å²) in [6.45, 7) is 12.2. The van der Waals surface area contributed by atoms with Gasteiger partial charge >= 0.3 is 224 Å². The average Bonchev–Trinajstić information content (AvgIpc) is 3.30. The third-order valence-electron chi connectivity index (χ3n) is 8.09. The number of aromatic amines is 1. The number of alkyl halides is 3. The Bertz CT molecular complexity index is 1610. The zero-order valence-corrected chi connectivity index (χ0v) is 25.4. The molecule has 2 aromatic carbocycles. The number of nitriles is 1. The summed E-state index contributed by atoms with van der Waals surface area (Å²) in [6, 6.07) is 11.8. The maximum atomic E-state index is 13.8. The first-order valence-electron chi connectivity index (χ1n) is 13.5.